The Morgan fingerprint density at radius 2 is 1.94 bits per heavy atom. The van der Waals surface area contributed by atoms with Gasteiger partial charge in [0.15, 0.2) is 0 Å². The number of piperidine rings is 1. The van der Waals surface area contributed by atoms with Crippen LogP contribution in [0.3, 0.4) is 0 Å². The lowest BCUT2D eigenvalue weighted by atomic mass is 9.99. The van der Waals surface area contributed by atoms with E-state index >= 15 is 0 Å². The number of aromatic nitrogens is 3. The van der Waals surface area contributed by atoms with E-state index in [4.69, 9.17) is 15.5 Å². The molecule has 3 aromatic rings. The summed E-state index contributed by atoms with van der Waals surface area (Å²) < 4.78 is 4.99. The number of nitrogen functional groups attached to an aromatic ring is 1. The van der Waals surface area contributed by atoms with Crippen LogP contribution in [-0.2, 0) is 16.1 Å². The summed E-state index contributed by atoms with van der Waals surface area (Å²) in [6.45, 7) is 1.69. The molecular formula is C24H27N7O3. The number of carbonyl (C=O) groups is 2. The van der Waals surface area contributed by atoms with Crippen LogP contribution in [0.2, 0.25) is 0 Å². The summed E-state index contributed by atoms with van der Waals surface area (Å²) in [5.41, 5.74) is 10.5. The highest BCUT2D eigenvalue weighted by Gasteiger charge is 2.37. The molecule has 3 aromatic heterocycles. The summed E-state index contributed by atoms with van der Waals surface area (Å²) in [7, 11) is 3.31. The van der Waals surface area contributed by atoms with Crippen LogP contribution in [0, 0.1) is 0 Å². The molecule has 0 aliphatic carbocycles. The Hall–Kier alpha value is -3.79. The molecule has 0 unspecified atom stereocenters. The van der Waals surface area contributed by atoms with Gasteiger partial charge in [0.2, 0.25) is 5.91 Å². The second-order valence-electron chi connectivity index (χ2n) is 8.72. The zero-order valence-corrected chi connectivity index (χ0v) is 19.3. The molecule has 2 aliphatic rings. The quantitative estimate of drug-likeness (QED) is 0.633. The fraction of sp³-hybridized carbons (Fsp3) is 0.375. The van der Waals surface area contributed by atoms with Crippen LogP contribution < -0.4 is 10.6 Å². The third kappa shape index (κ3) is 3.90. The fourth-order valence-electron chi connectivity index (χ4n) is 4.72. The number of nitrogens with zero attached hydrogens (tertiary/aromatic N) is 6. The predicted octanol–water partition coefficient (Wildman–Crippen LogP) is 2.28. The molecule has 0 radical (unpaired) electrons. The first-order valence-corrected chi connectivity index (χ1v) is 11.3. The monoisotopic (exact) mass is 461 g/mol. The van der Waals surface area contributed by atoms with Crippen molar-refractivity contribution in [2.24, 2.45) is 0 Å². The number of urea groups is 1. The number of hydrogen-bond acceptors (Lipinski definition) is 7. The maximum Gasteiger partial charge on any atom is 0.324 e. The van der Waals surface area contributed by atoms with Gasteiger partial charge in [0.25, 0.3) is 0 Å². The van der Waals surface area contributed by atoms with Crippen LogP contribution in [0.1, 0.15) is 18.4 Å². The van der Waals surface area contributed by atoms with E-state index in [1.54, 1.807) is 29.1 Å². The number of pyridine rings is 3. The summed E-state index contributed by atoms with van der Waals surface area (Å²) in [5, 5.41) is 0. The van der Waals surface area contributed by atoms with Crippen molar-refractivity contribution in [1.82, 2.24) is 24.8 Å². The molecule has 3 amide bonds. The number of amides is 3. The Morgan fingerprint density at radius 3 is 2.65 bits per heavy atom. The summed E-state index contributed by atoms with van der Waals surface area (Å²) in [4.78, 5) is 44.7. The molecule has 0 bridgehead atoms. The first kappa shape index (κ1) is 22.0. The molecule has 1 fully saturated rings. The van der Waals surface area contributed by atoms with Gasteiger partial charge in [-0.25, -0.2) is 14.8 Å². The highest BCUT2D eigenvalue weighted by atomic mass is 16.5. The summed E-state index contributed by atoms with van der Waals surface area (Å²) >= 11 is 0. The van der Waals surface area contributed by atoms with Crippen LogP contribution >= 0.6 is 0 Å². The minimum atomic E-state index is -0.0666. The van der Waals surface area contributed by atoms with E-state index in [1.165, 1.54) is 7.11 Å². The molecular weight excluding hydrogens is 434 g/mol. The number of rotatable bonds is 4. The maximum absolute atomic E-state index is 13.4. The number of fused-ring (bicyclic) bond motifs is 3. The van der Waals surface area contributed by atoms with Crippen molar-refractivity contribution in [3.8, 4) is 11.3 Å². The first-order valence-electron chi connectivity index (χ1n) is 11.3. The van der Waals surface area contributed by atoms with Gasteiger partial charge >= 0.3 is 6.03 Å². The standard InChI is InChI=1S/C24H27N7O3/c1-29-13-16-12-26-19-5-4-18(15-3-6-20(25)27-11-15)28-22(19)23(16)31(24(29)33)17-7-9-30(10-8-17)21(32)14-34-2/h3-6,11-12,17H,7-10,13-14H2,1-2H3,(H2,25,27). The lowest BCUT2D eigenvalue weighted by Crippen LogP contribution is -2.54. The average molecular weight is 462 g/mol. The van der Waals surface area contributed by atoms with Crippen LogP contribution in [0.5, 0.6) is 0 Å². The molecule has 5 rings (SSSR count). The smallest absolute Gasteiger partial charge is 0.324 e. The van der Waals surface area contributed by atoms with E-state index in [0.29, 0.717) is 43.8 Å². The van der Waals surface area contributed by atoms with Gasteiger partial charge in [-0.3, -0.25) is 14.7 Å². The summed E-state index contributed by atoms with van der Waals surface area (Å²) in [6.07, 6.45) is 4.88. The fourth-order valence-corrected chi connectivity index (χ4v) is 4.72. The van der Waals surface area contributed by atoms with Crippen LogP contribution in [0.25, 0.3) is 22.3 Å². The second kappa shape index (κ2) is 8.86. The molecule has 0 aromatic carbocycles. The lowest BCUT2D eigenvalue weighted by Gasteiger charge is -2.43. The average Bonchev–Trinajstić information content (AvgIpc) is 2.85. The van der Waals surface area contributed by atoms with E-state index in [0.717, 1.165) is 28.0 Å². The highest BCUT2D eigenvalue weighted by Crippen LogP contribution is 2.37. The number of anilines is 2. The normalized spacial score (nSPS) is 16.8. The zero-order chi connectivity index (χ0) is 23.8. The Labute approximate surface area is 197 Å². The molecule has 176 valence electrons. The molecule has 0 atom stereocenters. The van der Waals surface area contributed by atoms with E-state index in [2.05, 4.69) is 9.97 Å². The number of hydrogen-bond donors (Lipinski definition) is 1. The zero-order valence-electron chi connectivity index (χ0n) is 19.3. The molecule has 2 aliphatic heterocycles. The van der Waals surface area contributed by atoms with Gasteiger partial charge in [-0.1, -0.05) is 0 Å². The van der Waals surface area contributed by atoms with Crippen LogP contribution in [-0.4, -0.2) is 76.6 Å². The lowest BCUT2D eigenvalue weighted by molar-refractivity contribution is -0.136. The Bertz CT molecular complexity index is 1240. The Morgan fingerprint density at radius 1 is 1.15 bits per heavy atom. The third-order valence-corrected chi connectivity index (χ3v) is 6.48. The van der Waals surface area contributed by atoms with Crippen molar-refractivity contribution >= 4 is 34.5 Å². The van der Waals surface area contributed by atoms with Crippen molar-refractivity contribution in [2.45, 2.75) is 25.4 Å². The number of nitrogens with two attached hydrogens (primary N) is 1. The van der Waals surface area contributed by atoms with E-state index in [-0.39, 0.29) is 24.6 Å². The summed E-state index contributed by atoms with van der Waals surface area (Å²) in [6, 6.07) is 7.32. The van der Waals surface area contributed by atoms with Gasteiger partial charge in [-0.15, -0.1) is 0 Å². The van der Waals surface area contributed by atoms with Crippen molar-refractivity contribution < 1.29 is 14.3 Å². The number of methoxy groups -OCH3 is 1. The Kier molecular flexibility index (Phi) is 5.74. The van der Waals surface area contributed by atoms with E-state index in [1.807, 2.05) is 29.3 Å². The number of carbonyl (C=O) groups excluding carboxylic acids is 2. The Balaban J connectivity index is 1.54. The van der Waals surface area contributed by atoms with Crippen molar-refractivity contribution in [1.29, 1.82) is 0 Å². The largest absolute Gasteiger partial charge is 0.384 e. The molecule has 5 heterocycles. The molecule has 10 heteroatoms. The third-order valence-electron chi connectivity index (χ3n) is 6.48. The summed E-state index contributed by atoms with van der Waals surface area (Å²) in [5.74, 6) is 0.417. The predicted molar refractivity (Wildman–Crippen MR) is 128 cm³/mol. The molecule has 0 saturated carbocycles. The number of ether oxygens (including phenoxy) is 1. The molecule has 1 saturated heterocycles. The number of likely N-dealkylation sites (tertiary alicyclic amines) is 1. The maximum atomic E-state index is 13.4. The van der Waals surface area contributed by atoms with Crippen LogP contribution in [0.4, 0.5) is 16.3 Å². The SMILES string of the molecule is COCC(=O)N1CCC(N2C(=O)N(C)Cc3cnc4ccc(-c5ccc(N)nc5)nc4c32)CC1. The minimum Gasteiger partial charge on any atom is -0.384 e. The van der Waals surface area contributed by atoms with E-state index in [9.17, 15) is 9.59 Å². The van der Waals surface area contributed by atoms with Crippen molar-refractivity contribution in [3.63, 3.8) is 0 Å². The second-order valence-corrected chi connectivity index (χ2v) is 8.72. The van der Waals surface area contributed by atoms with Gasteiger partial charge in [0.1, 0.15) is 17.9 Å². The molecule has 0 spiro atoms. The minimum absolute atomic E-state index is 0.0264. The van der Waals surface area contributed by atoms with Crippen molar-refractivity contribution in [3.05, 3.63) is 42.2 Å². The van der Waals surface area contributed by atoms with Gasteiger partial charge < -0.3 is 20.3 Å². The van der Waals surface area contributed by atoms with Crippen molar-refractivity contribution in [2.75, 3.05) is 44.5 Å². The molecule has 2 N–H and O–H groups in total. The van der Waals surface area contributed by atoms with E-state index < -0.39 is 0 Å². The molecule has 10 nitrogen and oxygen atoms in total. The highest BCUT2D eigenvalue weighted by molar-refractivity contribution is 6.04. The van der Waals surface area contributed by atoms with Gasteiger partial charge in [-0.2, -0.15) is 0 Å². The van der Waals surface area contributed by atoms with Crippen LogP contribution in [0.15, 0.2) is 36.7 Å². The molecule has 34 heavy (non-hydrogen) atoms. The topological polar surface area (TPSA) is 118 Å². The van der Waals surface area contributed by atoms with Gasteiger partial charge in [0.05, 0.1) is 23.4 Å². The van der Waals surface area contributed by atoms with Gasteiger partial charge in [0, 0.05) is 56.8 Å². The first-order chi connectivity index (χ1) is 16.5. The van der Waals surface area contributed by atoms with Gasteiger partial charge in [-0.05, 0) is 37.1 Å².